The fourth-order valence-corrected chi connectivity index (χ4v) is 3.79. The summed E-state index contributed by atoms with van der Waals surface area (Å²) in [6.07, 6.45) is 0. The number of hydrogen-bond acceptors (Lipinski definition) is 3. The van der Waals surface area contributed by atoms with Gasteiger partial charge in [0.2, 0.25) is 5.91 Å². The number of aryl methyl sites for hydroxylation is 2. The highest BCUT2D eigenvalue weighted by molar-refractivity contribution is 7.92. The van der Waals surface area contributed by atoms with E-state index in [0.717, 1.165) is 22.3 Å². The second kappa shape index (κ2) is 7.62. The number of rotatable bonds is 6. The summed E-state index contributed by atoms with van der Waals surface area (Å²) in [5, 5.41) is 1.62. The minimum atomic E-state index is -3.57. The molecule has 2 aromatic carbocycles. The van der Waals surface area contributed by atoms with Crippen molar-refractivity contribution in [1.29, 1.82) is 0 Å². The van der Waals surface area contributed by atoms with Crippen molar-refractivity contribution < 1.29 is 13.2 Å². The van der Waals surface area contributed by atoms with Crippen molar-refractivity contribution in [2.75, 3.05) is 0 Å². The molecule has 1 N–H and O–H groups in total. The van der Waals surface area contributed by atoms with Crippen molar-refractivity contribution in [3.63, 3.8) is 0 Å². The number of amides is 1. The molecule has 24 heavy (non-hydrogen) atoms. The van der Waals surface area contributed by atoms with Crippen LogP contribution in [0.5, 0.6) is 0 Å². The van der Waals surface area contributed by atoms with Gasteiger partial charge in [-0.15, -0.1) is 0 Å². The van der Waals surface area contributed by atoms with Gasteiger partial charge in [0.25, 0.3) is 0 Å². The summed E-state index contributed by atoms with van der Waals surface area (Å²) in [4.78, 5) is 12.2. The normalized spacial score (nSPS) is 12.6. The predicted molar refractivity (Wildman–Crippen MR) is 96.3 cm³/mol. The number of hydrogen-bond donors (Lipinski definition) is 1. The van der Waals surface area contributed by atoms with Gasteiger partial charge in [-0.1, -0.05) is 54.1 Å². The fourth-order valence-electron chi connectivity index (χ4n) is 2.39. The Morgan fingerprint density at radius 1 is 1.08 bits per heavy atom. The molecule has 0 radical (unpaired) electrons. The van der Waals surface area contributed by atoms with Crippen LogP contribution in [0.1, 0.15) is 29.2 Å². The van der Waals surface area contributed by atoms with Crippen molar-refractivity contribution in [3.05, 3.63) is 70.8 Å². The van der Waals surface area contributed by atoms with Crippen LogP contribution in [-0.2, 0) is 26.9 Å². The van der Waals surface area contributed by atoms with Crippen molar-refractivity contribution in [2.24, 2.45) is 0 Å². The molecule has 0 fully saturated rings. The van der Waals surface area contributed by atoms with Crippen LogP contribution in [0.2, 0.25) is 0 Å². The van der Waals surface area contributed by atoms with Gasteiger partial charge in [-0.25, -0.2) is 8.42 Å². The van der Waals surface area contributed by atoms with Crippen LogP contribution in [-0.4, -0.2) is 19.6 Å². The molecule has 1 unspecified atom stereocenters. The Balaban J connectivity index is 2.05. The SMILES string of the molecule is Cc1ccc(C)c(CS(=O)(=O)C(C)C(=O)NCc2ccccc2)c1. The highest BCUT2D eigenvalue weighted by atomic mass is 32.2. The van der Waals surface area contributed by atoms with Crippen molar-refractivity contribution >= 4 is 15.7 Å². The summed E-state index contributed by atoms with van der Waals surface area (Å²) in [5.74, 6) is -0.593. The zero-order valence-electron chi connectivity index (χ0n) is 14.2. The Kier molecular flexibility index (Phi) is 5.78. The van der Waals surface area contributed by atoms with E-state index in [0.29, 0.717) is 6.54 Å². The number of nitrogens with one attached hydrogen (secondary N) is 1. The standard InChI is InChI=1S/C19H23NO3S/c1-14-9-10-15(2)18(11-14)13-24(22,23)16(3)19(21)20-12-17-7-5-4-6-8-17/h4-11,16H,12-13H2,1-3H3,(H,20,21). The summed E-state index contributed by atoms with van der Waals surface area (Å²) in [6.45, 7) is 5.57. The predicted octanol–water partition coefficient (Wildman–Crippen LogP) is 2.92. The van der Waals surface area contributed by atoms with E-state index in [2.05, 4.69) is 5.32 Å². The first-order valence-electron chi connectivity index (χ1n) is 7.89. The molecule has 0 heterocycles. The van der Waals surface area contributed by atoms with Gasteiger partial charge in [0.05, 0.1) is 5.75 Å². The highest BCUT2D eigenvalue weighted by Crippen LogP contribution is 2.17. The van der Waals surface area contributed by atoms with E-state index in [4.69, 9.17) is 0 Å². The molecule has 2 aromatic rings. The summed E-state index contributed by atoms with van der Waals surface area (Å²) in [7, 11) is -3.57. The quantitative estimate of drug-likeness (QED) is 0.875. The first-order chi connectivity index (χ1) is 11.3. The van der Waals surface area contributed by atoms with Crippen LogP contribution in [0, 0.1) is 13.8 Å². The van der Waals surface area contributed by atoms with E-state index in [1.165, 1.54) is 6.92 Å². The lowest BCUT2D eigenvalue weighted by Gasteiger charge is -2.15. The number of benzene rings is 2. The maximum Gasteiger partial charge on any atom is 0.238 e. The molecule has 0 spiro atoms. The third-order valence-electron chi connectivity index (χ3n) is 4.08. The van der Waals surface area contributed by atoms with Crippen LogP contribution in [0.3, 0.4) is 0 Å². The second-order valence-corrected chi connectivity index (χ2v) is 8.40. The maximum absolute atomic E-state index is 12.6. The van der Waals surface area contributed by atoms with Gasteiger partial charge in [-0.3, -0.25) is 4.79 Å². The van der Waals surface area contributed by atoms with Gasteiger partial charge < -0.3 is 5.32 Å². The minimum absolute atomic E-state index is 0.125. The highest BCUT2D eigenvalue weighted by Gasteiger charge is 2.28. The van der Waals surface area contributed by atoms with Crippen molar-refractivity contribution in [1.82, 2.24) is 5.32 Å². The number of carbonyl (C=O) groups is 1. The van der Waals surface area contributed by atoms with Crippen LogP contribution in [0.4, 0.5) is 0 Å². The average Bonchev–Trinajstić information content (AvgIpc) is 2.56. The Morgan fingerprint density at radius 2 is 1.75 bits per heavy atom. The van der Waals surface area contributed by atoms with Crippen LogP contribution >= 0.6 is 0 Å². The van der Waals surface area contributed by atoms with E-state index in [1.54, 1.807) is 0 Å². The number of sulfone groups is 1. The topological polar surface area (TPSA) is 63.2 Å². The van der Waals surface area contributed by atoms with E-state index in [-0.39, 0.29) is 5.75 Å². The van der Waals surface area contributed by atoms with Crippen LogP contribution in [0.25, 0.3) is 0 Å². The minimum Gasteiger partial charge on any atom is -0.351 e. The van der Waals surface area contributed by atoms with Crippen molar-refractivity contribution in [2.45, 2.75) is 38.3 Å². The van der Waals surface area contributed by atoms with Crippen LogP contribution in [0.15, 0.2) is 48.5 Å². The van der Waals surface area contributed by atoms with Gasteiger partial charge in [0, 0.05) is 6.54 Å². The molecule has 0 saturated carbocycles. The summed E-state index contributed by atoms with van der Waals surface area (Å²) in [6, 6.07) is 15.1. The summed E-state index contributed by atoms with van der Waals surface area (Å²) >= 11 is 0. The second-order valence-electron chi connectivity index (χ2n) is 6.08. The van der Waals surface area contributed by atoms with E-state index in [9.17, 15) is 13.2 Å². The number of carbonyl (C=O) groups excluding carboxylic acids is 1. The molecule has 5 heteroatoms. The monoisotopic (exact) mass is 345 g/mol. The molecule has 0 bridgehead atoms. The maximum atomic E-state index is 12.6. The molecule has 128 valence electrons. The van der Waals surface area contributed by atoms with E-state index in [1.807, 2.05) is 62.4 Å². The zero-order valence-corrected chi connectivity index (χ0v) is 15.1. The van der Waals surface area contributed by atoms with E-state index >= 15 is 0 Å². The van der Waals surface area contributed by atoms with Crippen molar-refractivity contribution in [3.8, 4) is 0 Å². The van der Waals surface area contributed by atoms with Gasteiger partial charge in [0.15, 0.2) is 9.84 Å². The molecule has 0 saturated heterocycles. The lowest BCUT2D eigenvalue weighted by atomic mass is 10.1. The molecule has 0 aromatic heterocycles. The fraction of sp³-hybridized carbons (Fsp3) is 0.316. The molecular formula is C19H23NO3S. The van der Waals surface area contributed by atoms with Gasteiger partial charge in [-0.2, -0.15) is 0 Å². The lowest BCUT2D eigenvalue weighted by Crippen LogP contribution is -2.38. The van der Waals surface area contributed by atoms with Gasteiger partial charge in [0.1, 0.15) is 5.25 Å². The Hall–Kier alpha value is -2.14. The molecule has 4 nitrogen and oxygen atoms in total. The average molecular weight is 345 g/mol. The molecule has 0 aliphatic heterocycles. The summed E-state index contributed by atoms with van der Waals surface area (Å²) in [5.41, 5.74) is 3.61. The third kappa shape index (κ3) is 4.68. The molecule has 0 aliphatic rings. The first kappa shape index (κ1) is 18.2. The zero-order chi connectivity index (χ0) is 17.7. The molecule has 0 aliphatic carbocycles. The molecule has 2 rings (SSSR count). The largest absolute Gasteiger partial charge is 0.351 e. The Morgan fingerprint density at radius 3 is 2.42 bits per heavy atom. The lowest BCUT2D eigenvalue weighted by molar-refractivity contribution is -0.120. The van der Waals surface area contributed by atoms with Gasteiger partial charge >= 0.3 is 0 Å². The summed E-state index contributed by atoms with van der Waals surface area (Å²) < 4.78 is 25.1. The molecule has 1 atom stereocenters. The smallest absolute Gasteiger partial charge is 0.238 e. The van der Waals surface area contributed by atoms with Crippen LogP contribution < -0.4 is 5.32 Å². The Labute approximate surface area is 143 Å². The molecular weight excluding hydrogens is 322 g/mol. The Bertz CT molecular complexity index is 814. The molecule has 1 amide bonds. The van der Waals surface area contributed by atoms with E-state index < -0.39 is 21.0 Å². The third-order valence-corrected chi connectivity index (χ3v) is 6.08. The first-order valence-corrected chi connectivity index (χ1v) is 9.60. The van der Waals surface area contributed by atoms with Gasteiger partial charge in [-0.05, 0) is 37.5 Å².